The van der Waals surface area contributed by atoms with Gasteiger partial charge >= 0.3 is 0 Å². The van der Waals surface area contributed by atoms with E-state index in [4.69, 9.17) is 5.73 Å². The number of hydrogen-bond donors (Lipinski definition) is 1. The summed E-state index contributed by atoms with van der Waals surface area (Å²) in [7, 11) is 0. The Balaban J connectivity index is 2.63. The lowest BCUT2D eigenvalue weighted by Crippen LogP contribution is -2.12. The van der Waals surface area contributed by atoms with Gasteiger partial charge in [-0.1, -0.05) is 46.8 Å². The highest BCUT2D eigenvalue weighted by Crippen LogP contribution is 2.49. The molecule has 0 heterocycles. The van der Waals surface area contributed by atoms with Gasteiger partial charge in [0, 0.05) is 5.69 Å². The zero-order valence-electron chi connectivity index (χ0n) is 11.1. The van der Waals surface area contributed by atoms with Crippen LogP contribution in [0.2, 0.25) is 0 Å². The van der Waals surface area contributed by atoms with Crippen LogP contribution >= 0.6 is 0 Å². The van der Waals surface area contributed by atoms with Crippen molar-refractivity contribution in [1.29, 1.82) is 0 Å². The van der Waals surface area contributed by atoms with E-state index in [-0.39, 0.29) is 0 Å². The number of hydrogen-bond acceptors (Lipinski definition) is 1. The van der Waals surface area contributed by atoms with Gasteiger partial charge in [0.15, 0.2) is 0 Å². The van der Waals surface area contributed by atoms with Gasteiger partial charge in [0.05, 0.1) is 0 Å². The van der Waals surface area contributed by atoms with E-state index in [9.17, 15) is 0 Å². The molecule has 0 spiro atoms. The van der Waals surface area contributed by atoms with Crippen LogP contribution in [0.1, 0.15) is 69.6 Å². The molecule has 1 aromatic rings. The molecule has 0 aliphatic heterocycles. The van der Waals surface area contributed by atoms with E-state index in [2.05, 4.69) is 46.8 Å². The maximum Gasteiger partial charge on any atom is 0.0387 e. The molecule has 0 radical (unpaired) electrons. The van der Waals surface area contributed by atoms with E-state index in [1.807, 2.05) is 0 Å². The van der Waals surface area contributed by atoms with Gasteiger partial charge in [-0.15, -0.1) is 0 Å². The smallest absolute Gasteiger partial charge is 0.0387 e. The largest absolute Gasteiger partial charge is 0.398 e. The Morgan fingerprint density at radius 2 is 1.94 bits per heavy atom. The summed E-state index contributed by atoms with van der Waals surface area (Å²) in [6.07, 6.45) is 1.22. The lowest BCUT2D eigenvalue weighted by atomic mass is 9.85. The molecule has 0 bridgehead atoms. The van der Waals surface area contributed by atoms with Gasteiger partial charge in [0.2, 0.25) is 0 Å². The van der Waals surface area contributed by atoms with Crippen LogP contribution < -0.4 is 5.73 Å². The fraction of sp³-hybridized carbons (Fsp3) is 0.600. The van der Waals surface area contributed by atoms with Crippen molar-refractivity contribution in [3.05, 3.63) is 28.8 Å². The molecule has 1 aliphatic rings. The second-order valence-corrected chi connectivity index (χ2v) is 6.17. The maximum atomic E-state index is 6.35. The molecule has 1 aliphatic carbocycles. The summed E-state index contributed by atoms with van der Waals surface area (Å²) in [6, 6.07) is 4.52. The topological polar surface area (TPSA) is 26.0 Å². The van der Waals surface area contributed by atoms with Crippen LogP contribution in [0.5, 0.6) is 0 Å². The zero-order chi connectivity index (χ0) is 12.1. The number of fused-ring (bicyclic) bond motifs is 1. The van der Waals surface area contributed by atoms with Crippen LogP contribution in [0.15, 0.2) is 12.1 Å². The first-order valence-corrected chi connectivity index (χ1v) is 6.27. The zero-order valence-corrected chi connectivity index (χ0v) is 11.1. The SMILES string of the molecule is CC(C)c1ccc2c(c1N)C(C)CC2(C)C. The third-order valence-corrected chi connectivity index (χ3v) is 3.98. The molecule has 2 rings (SSSR count). The average Bonchev–Trinajstić information content (AvgIpc) is 2.37. The number of rotatable bonds is 1. The van der Waals surface area contributed by atoms with E-state index in [1.165, 1.54) is 23.1 Å². The Morgan fingerprint density at radius 1 is 1.31 bits per heavy atom. The number of nitrogen functional groups attached to an aromatic ring is 1. The third kappa shape index (κ3) is 1.53. The maximum absolute atomic E-state index is 6.35. The Morgan fingerprint density at radius 3 is 2.50 bits per heavy atom. The molecule has 2 N–H and O–H groups in total. The summed E-state index contributed by atoms with van der Waals surface area (Å²) >= 11 is 0. The molecule has 0 saturated carbocycles. The molecule has 1 atom stereocenters. The number of nitrogens with two attached hydrogens (primary N) is 1. The Bertz CT molecular complexity index is 416. The highest BCUT2D eigenvalue weighted by atomic mass is 14.6. The van der Waals surface area contributed by atoms with Crippen molar-refractivity contribution in [2.45, 2.75) is 58.3 Å². The summed E-state index contributed by atoms with van der Waals surface area (Å²) in [5.74, 6) is 1.12. The molecular weight excluding hydrogens is 194 g/mol. The van der Waals surface area contributed by atoms with Crippen molar-refractivity contribution in [1.82, 2.24) is 0 Å². The van der Waals surface area contributed by atoms with Crippen molar-refractivity contribution >= 4 is 5.69 Å². The predicted octanol–water partition coefficient (Wildman–Crippen LogP) is 4.18. The van der Waals surface area contributed by atoms with E-state index >= 15 is 0 Å². The summed E-state index contributed by atoms with van der Waals surface area (Å²) in [4.78, 5) is 0. The van der Waals surface area contributed by atoms with Crippen molar-refractivity contribution in [2.24, 2.45) is 0 Å². The molecular formula is C15H23N. The van der Waals surface area contributed by atoms with Crippen LogP contribution in [0.25, 0.3) is 0 Å². The number of anilines is 1. The molecule has 0 amide bonds. The van der Waals surface area contributed by atoms with Gasteiger partial charge in [-0.3, -0.25) is 0 Å². The minimum absolute atomic E-state index is 0.290. The van der Waals surface area contributed by atoms with E-state index in [0.29, 0.717) is 17.3 Å². The monoisotopic (exact) mass is 217 g/mol. The van der Waals surface area contributed by atoms with Gasteiger partial charge in [0.1, 0.15) is 0 Å². The van der Waals surface area contributed by atoms with Crippen molar-refractivity contribution in [2.75, 3.05) is 5.73 Å². The summed E-state index contributed by atoms with van der Waals surface area (Å²) in [5, 5.41) is 0. The van der Waals surface area contributed by atoms with Gasteiger partial charge in [-0.05, 0) is 40.4 Å². The first kappa shape index (κ1) is 11.5. The second-order valence-electron chi connectivity index (χ2n) is 6.17. The predicted molar refractivity (Wildman–Crippen MR) is 71.0 cm³/mol. The van der Waals surface area contributed by atoms with Crippen molar-refractivity contribution in [3.8, 4) is 0 Å². The molecule has 0 aromatic heterocycles. The van der Waals surface area contributed by atoms with Crippen LogP contribution in [-0.2, 0) is 5.41 Å². The molecule has 1 heteroatoms. The first-order valence-electron chi connectivity index (χ1n) is 6.27. The minimum Gasteiger partial charge on any atom is -0.398 e. The Labute approximate surface area is 99.0 Å². The van der Waals surface area contributed by atoms with Crippen LogP contribution in [0.3, 0.4) is 0 Å². The average molecular weight is 217 g/mol. The normalized spacial score (nSPS) is 22.5. The fourth-order valence-corrected chi connectivity index (χ4v) is 3.26. The molecule has 0 saturated heterocycles. The highest BCUT2D eigenvalue weighted by Gasteiger charge is 2.36. The summed E-state index contributed by atoms with van der Waals surface area (Å²) < 4.78 is 0. The van der Waals surface area contributed by atoms with Gasteiger partial charge < -0.3 is 5.73 Å². The van der Waals surface area contributed by atoms with Gasteiger partial charge in [0.25, 0.3) is 0 Å². The Hall–Kier alpha value is -0.980. The van der Waals surface area contributed by atoms with Crippen molar-refractivity contribution < 1.29 is 0 Å². The Kier molecular flexibility index (Phi) is 2.52. The lowest BCUT2D eigenvalue weighted by molar-refractivity contribution is 0.489. The van der Waals surface area contributed by atoms with E-state index in [0.717, 1.165) is 5.69 Å². The molecule has 16 heavy (non-hydrogen) atoms. The molecule has 1 nitrogen and oxygen atoms in total. The van der Waals surface area contributed by atoms with E-state index < -0.39 is 0 Å². The van der Waals surface area contributed by atoms with E-state index in [1.54, 1.807) is 0 Å². The summed E-state index contributed by atoms with van der Waals surface area (Å²) in [5.41, 5.74) is 11.9. The van der Waals surface area contributed by atoms with Gasteiger partial charge in [-0.2, -0.15) is 0 Å². The van der Waals surface area contributed by atoms with Gasteiger partial charge in [-0.25, -0.2) is 0 Å². The first-order chi connectivity index (χ1) is 7.34. The molecule has 88 valence electrons. The highest BCUT2D eigenvalue weighted by molar-refractivity contribution is 5.63. The second kappa shape index (κ2) is 3.51. The summed E-state index contributed by atoms with van der Waals surface area (Å²) in [6.45, 7) is 11.4. The van der Waals surface area contributed by atoms with Crippen molar-refractivity contribution in [3.63, 3.8) is 0 Å². The fourth-order valence-electron chi connectivity index (χ4n) is 3.26. The molecule has 1 aromatic carbocycles. The number of benzene rings is 1. The third-order valence-electron chi connectivity index (χ3n) is 3.98. The molecule has 1 unspecified atom stereocenters. The van der Waals surface area contributed by atoms with Crippen LogP contribution in [0, 0.1) is 0 Å². The standard InChI is InChI=1S/C15H23N/c1-9(2)11-6-7-12-13(14(11)16)10(3)8-15(12,4)5/h6-7,9-10H,8,16H2,1-5H3. The minimum atomic E-state index is 0.290. The molecule has 0 fully saturated rings. The van der Waals surface area contributed by atoms with Crippen LogP contribution in [-0.4, -0.2) is 0 Å². The quantitative estimate of drug-likeness (QED) is 0.702. The lowest BCUT2D eigenvalue weighted by Gasteiger charge is -2.20. The van der Waals surface area contributed by atoms with Crippen LogP contribution in [0.4, 0.5) is 5.69 Å².